The van der Waals surface area contributed by atoms with Crippen LogP contribution in [-0.4, -0.2) is 33.6 Å². The minimum Gasteiger partial charge on any atom is -0.410 e. The summed E-state index contributed by atoms with van der Waals surface area (Å²) in [5.74, 6) is -1.54. The molecule has 0 aliphatic heterocycles. The normalized spacial score (nSPS) is 11.1. The van der Waals surface area contributed by atoms with E-state index in [4.69, 9.17) is 0 Å². The molecule has 170 valence electrons. The van der Waals surface area contributed by atoms with Crippen LogP contribution in [0.3, 0.4) is 0 Å². The molecule has 7 nitrogen and oxygen atoms in total. The molecule has 9 heteroatoms. The molecule has 0 saturated carbocycles. The minimum atomic E-state index is -0.716. The van der Waals surface area contributed by atoms with E-state index in [-0.39, 0.29) is 12.2 Å². The number of aromatic nitrogens is 2. The van der Waals surface area contributed by atoms with Crippen LogP contribution in [0.25, 0.3) is 0 Å². The van der Waals surface area contributed by atoms with Gasteiger partial charge in [-0.25, -0.2) is 8.78 Å². The fraction of sp³-hybridized carbons (Fsp3) is 0.167. The van der Waals surface area contributed by atoms with Crippen molar-refractivity contribution < 1.29 is 18.8 Å². The first-order valence-electron chi connectivity index (χ1n) is 10.1. The van der Waals surface area contributed by atoms with Crippen LogP contribution in [0.2, 0.25) is 0 Å². The zero-order valence-electron chi connectivity index (χ0n) is 18.1. The predicted molar refractivity (Wildman–Crippen MR) is 121 cm³/mol. The van der Waals surface area contributed by atoms with Crippen LogP contribution < -0.4 is 10.6 Å². The third kappa shape index (κ3) is 6.42. The summed E-state index contributed by atoms with van der Waals surface area (Å²) >= 11 is 0. The molecule has 0 unspecified atom stereocenters. The van der Waals surface area contributed by atoms with E-state index in [2.05, 4.69) is 26.0 Å². The van der Waals surface area contributed by atoms with Crippen molar-refractivity contribution in [1.29, 1.82) is 0 Å². The molecule has 33 heavy (non-hydrogen) atoms. The van der Waals surface area contributed by atoms with E-state index in [9.17, 15) is 18.8 Å². The molecule has 0 bridgehead atoms. The highest BCUT2D eigenvalue weighted by Crippen LogP contribution is 2.15. The third-order valence-corrected chi connectivity index (χ3v) is 4.76. The smallest absolute Gasteiger partial charge is 0.272 e. The number of oxime groups is 1. The summed E-state index contributed by atoms with van der Waals surface area (Å²) in [5, 5.41) is 26.6. The first kappa shape index (κ1) is 23.5. The molecule has 0 aliphatic carbocycles. The third-order valence-electron chi connectivity index (χ3n) is 4.76. The van der Waals surface area contributed by atoms with Crippen molar-refractivity contribution in [2.24, 2.45) is 5.16 Å². The molecule has 1 heterocycles. The Kier molecular flexibility index (Phi) is 7.80. The summed E-state index contributed by atoms with van der Waals surface area (Å²) in [6.45, 7) is 4.09. The van der Waals surface area contributed by atoms with E-state index in [1.807, 2.05) is 44.2 Å². The molecule has 3 aromatic rings. The van der Waals surface area contributed by atoms with Crippen molar-refractivity contribution in [3.05, 3.63) is 100 Å². The first-order valence-corrected chi connectivity index (χ1v) is 10.1. The maximum absolute atomic E-state index is 13.3. The summed E-state index contributed by atoms with van der Waals surface area (Å²) in [4.78, 5) is 12.3. The van der Waals surface area contributed by atoms with Gasteiger partial charge in [0.05, 0.1) is 0 Å². The molecule has 0 radical (unpaired) electrons. The number of amides is 1. The summed E-state index contributed by atoms with van der Waals surface area (Å²) < 4.78 is 26.5. The van der Waals surface area contributed by atoms with Gasteiger partial charge in [0.15, 0.2) is 5.69 Å². The molecule has 3 N–H and O–H groups in total. The SMILES string of the molecule is CC(C)=C(CNc1ccc(C(=O)NCc2cc(F)cc(F)c2)nn1)/C(=N\O)c1ccccc1. The molecule has 0 spiro atoms. The number of nitrogens with zero attached hydrogens (tertiary/aromatic N) is 3. The summed E-state index contributed by atoms with van der Waals surface area (Å²) in [6.07, 6.45) is 0. The van der Waals surface area contributed by atoms with Gasteiger partial charge in [0.25, 0.3) is 5.91 Å². The molecule has 2 aromatic carbocycles. The second-order valence-corrected chi connectivity index (χ2v) is 7.41. The Morgan fingerprint density at radius 2 is 1.70 bits per heavy atom. The lowest BCUT2D eigenvalue weighted by Gasteiger charge is -2.14. The topological polar surface area (TPSA) is 99.5 Å². The maximum Gasteiger partial charge on any atom is 0.272 e. The number of carbonyl (C=O) groups is 1. The first-order chi connectivity index (χ1) is 15.9. The molecular formula is C24H23F2N5O2. The molecule has 1 amide bonds. The summed E-state index contributed by atoms with van der Waals surface area (Å²) in [6, 6.07) is 15.4. The maximum atomic E-state index is 13.3. The van der Waals surface area contributed by atoms with E-state index >= 15 is 0 Å². The van der Waals surface area contributed by atoms with Crippen molar-refractivity contribution in [1.82, 2.24) is 15.5 Å². The van der Waals surface area contributed by atoms with Gasteiger partial charge in [-0.05, 0) is 49.2 Å². The second-order valence-electron chi connectivity index (χ2n) is 7.41. The van der Waals surface area contributed by atoms with Crippen LogP contribution in [0.15, 0.2) is 77.0 Å². The van der Waals surface area contributed by atoms with Crippen LogP contribution in [0.5, 0.6) is 0 Å². The number of carbonyl (C=O) groups excluding carboxylic acids is 1. The molecule has 1 aromatic heterocycles. The van der Waals surface area contributed by atoms with Crippen molar-refractivity contribution in [3.8, 4) is 0 Å². The van der Waals surface area contributed by atoms with Crippen molar-refractivity contribution in [2.45, 2.75) is 20.4 Å². The van der Waals surface area contributed by atoms with Crippen LogP contribution in [0, 0.1) is 11.6 Å². The molecule has 0 atom stereocenters. The van der Waals surface area contributed by atoms with Gasteiger partial charge >= 0.3 is 0 Å². The largest absolute Gasteiger partial charge is 0.410 e. The average Bonchev–Trinajstić information content (AvgIpc) is 2.80. The van der Waals surface area contributed by atoms with Crippen LogP contribution in [0.1, 0.15) is 35.5 Å². The molecule has 0 fully saturated rings. The lowest BCUT2D eigenvalue weighted by molar-refractivity contribution is 0.0945. The lowest BCUT2D eigenvalue weighted by Crippen LogP contribution is -2.24. The van der Waals surface area contributed by atoms with Gasteiger partial charge in [-0.3, -0.25) is 4.79 Å². The zero-order chi connectivity index (χ0) is 23.8. The number of allylic oxidation sites excluding steroid dienone is 1. The van der Waals surface area contributed by atoms with Gasteiger partial charge in [0.2, 0.25) is 0 Å². The second kappa shape index (κ2) is 10.9. The fourth-order valence-electron chi connectivity index (χ4n) is 3.10. The quantitative estimate of drug-likeness (QED) is 0.269. The van der Waals surface area contributed by atoms with Gasteiger partial charge in [0.1, 0.15) is 23.2 Å². The van der Waals surface area contributed by atoms with Crippen LogP contribution >= 0.6 is 0 Å². The number of hydrogen-bond acceptors (Lipinski definition) is 6. The highest BCUT2D eigenvalue weighted by molar-refractivity contribution is 6.13. The highest BCUT2D eigenvalue weighted by atomic mass is 19.1. The van der Waals surface area contributed by atoms with E-state index < -0.39 is 17.5 Å². The van der Waals surface area contributed by atoms with Crippen molar-refractivity contribution in [3.63, 3.8) is 0 Å². The van der Waals surface area contributed by atoms with E-state index in [0.717, 1.165) is 34.9 Å². The molecule has 3 rings (SSSR count). The number of benzene rings is 2. The Bertz CT molecular complexity index is 1150. The molecule has 0 saturated heterocycles. The standard InChI is InChI=1S/C24H23F2N5O2/c1-15(2)20(23(31-33)17-6-4-3-5-7-17)14-27-22-9-8-21(29-30-22)24(32)28-13-16-10-18(25)12-19(26)11-16/h3-12,33H,13-14H2,1-2H3,(H,27,30)(H,28,32)/b31-23-. The number of nitrogens with one attached hydrogen (secondary N) is 2. The predicted octanol–water partition coefficient (Wildman–Crippen LogP) is 4.31. The Morgan fingerprint density at radius 1 is 1.00 bits per heavy atom. The van der Waals surface area contributed by atoms with Gasteiger partial charge < -0.3 is 15.8 Å². The van der Waals surface area contributed by atoms with Gasteiger partial charge in [-0.2, -0.15) is 0 Å². The van der Waals surface area contributed by atoms with Gasteiger partial charge in [0, 0.05) is 24.7 Å². The van der Waals surface area contributed by atoms with Gasteiger partial charge in [-0.15, -0.1) is 10.2 Å². The highest BCUT2D eigenvalue weighted by Gasteiger charge is 2.14. The number of hydrogen-bond donors (Lipinski definition) is 3. The number of halogens is 2. The average molecular weight is 451 g/mol. The van der Waals surface area contributed by atoms with Crippen molar-refractivity contribution >= 4 is 17.4 Å². The minimum absolute atomic E-state index is 0.0537. The van der Waals surface area contributed by atoms with E-state index in [1.54, 1.807) is 6.07 Å². The lowest BCUT2D eigenvalue weighted by atomic mass is 9.99. The van der Waals surface area contributed by atoms with Crippen LogP contribution in [-0.2, 0) is 6.54 Å². The number of rotatable bonds is 8. The van der Waals surface area contributed by atoms with E-state index in [0.29, 0.717) is 23.6 Å². The number of anilines is 1. The Morgan fingerprint density at radius 3 is 2.27 bits per heavy atom. The molecule has 0 aliphatic rings. The van der Waals surface area contributed by atoms with Gasteiger partial charge in [-0.1, -0.05) is 41.1 Å². The Balaban J connectivity index is 1.62. The molecular weight excluding hydrogens is 428 g/mol. The summed E-state index contributed by atoms with van der Waals surface area (Å²) in [5.41, 5.74) is 3.31. The van der Waals surface area contributed by atoms with Crippen LogP contribution in [0.4, 0.5) is 14.6 Å². The summed E-state index contributed by atoms with van der Waals surface area (Å²) in [7, 11) is 0. The monoisotopic (exact) mass is 451 g/mol. The fourth-order valence-corrected chi connectivity index (χ4v) is 3.10. The van der Waals surface area contributed by atoms with E-state index in [1.165, 1.54) is 6.07 Å². The Labute approximate surface area is 189 Å². The Hall–Kier alpha value is -4.14. The van der Waals surface area contributed by atoms with Crippen molar-refractivity contribution in [2.75, 3.05) is 11.9 Å². The zero-order valence-corrected chi connectivity index (χ0v) is 18.1.